The first-order chi connectivity index (χ1) is 21.3. The van der Waals surface area contributed by atoms with Crippen LogP contribution in [-0.2, 0) is 28.6 Å². The number of rotatable bonds is 7. The van der Waals surface area contributed by atoms with Crippen LogP contribution in [0.25, 0.3) is 0 Å². The number of hydrogen-bond donors (Lipinski definition) is 4. The molecule has 0 bridgehead atoms. The maximum Gasteiger partial charge on any atom is 0.327 e. The standard InChI is InChI=1S/C27H43NO5.C6H8O6/c1-4-33-24-15-26(2)17(13-21(24)29)5-6-18-19-7-8-20(27(19,3)14-22(30)25(18)26)23(31)16-28-9-11-32-12-10-28;7-1-2(8)5-3(9)4(10)6(11)12-5/h17-21,24-25,29H,4-16H2,1-3H3;2,5,7-10H,1H2/p-1/t17-,18-,19-,20+,21-,24-,25+,26-,27-;2-,5+/m00/s1. The van der Waals surface area contributed by atoms with E-state index < -0.39 is 42.4 Å². The van der Waals surface area contributed by atoms with Crippen molar-refractivity contribution in [1.29, 1.82) is 0 Å². The molecule has 254 valence electrons. The Morgan fingerprint density at radius 2 is 1.84 bits per heavy atom. The molecule has 45 heavy (non-hydrogen) atoms. The molecule has 4 aliphatic carbocycles. The van der Waals surface area contributed by atoms with Crippen molar-refractivity contribution in [2.24, 2.45) is 40.4 Å². The van der Waals surface area contributed by atoms with Crippen LogP contribution in [0.2, 0.25) is 0 Å². The second-order valence-corrected chi connectivity index (χ2v) is 14.5. The van der Waals surface area contributed by atoms with Crippen LogP contribution in [0.3, 0.4) is 0 Å². The maximum atomic E-state index is 13.9. The minimum atomic E-state index is -1.46. The van der Waals surface area contributed by atoms with Gasteiger partial charge in [-0.15, -0.1) is 0 Å². The highest BCUT2D eigenvalue weighted by molar-refractivity contribution is 5.89. The fourth-order valence-corrected chi connectivity index (χ4v) is 9.89. The summed E-state index contributed by atoms with van der Waals surface area (Å²) in [6.07, 6.45) is 2.76. The lowest BCUT2D eigenvalue weighted by molar-refractivity contribution is -0.303. The van der Waals surface area contributed by atoms with E-state index in [0.717, 1.165) is 51.6 Å². The van der Waals surface area contributed by atoms with E-state index in [1.54, 1.807) is 0 Å². The van der Waals surface area contributed by atoms with Crippen molar-refractivity contribution in [2.75, 3.05) is 46.1 Å². The Labute approximate surface area is 264 Å². The van der Waals surface area contributed by atoms with E-state index in [4.69, 9.17) is 24.8 Å². The summed E-state index contributed by atoms with van der Waals surface area (Å²) in [4.78, 5) is 40.0. The molecule has 6 rings (SSSR count). The topological polar surface area (TPSA) is 186 Å². The number of esters is 1. The van der Waals surface area contributed by atoms with E-state index in [2.05, 4.69) is 23.5 Å². The third-order valence-electron chi connectivity index (χ3n) is 12.1. The van der Waals surface area contributed by atoms with Gasteiger partial charge in [-0.3, -0.25) is 14.5 Å². The number of ketones is 2. The van der Waals surface area contributed by atoms with Gasteiger partial charge in [0.25, 0.3) is 0 Å². The largest absolute Gasteiger partial charge is 0.865 e. The van der Waals surface area contributed by atoms with E-state index in [-0.39, 0.29) is 28.8 Å². The van der Waals surface area contributed by atoms with Crippen LogP contribution in [-0.4, -0.2) is 113 Å². The van der Waals surface area contributed by atoms with Gasteiger partial charge in [-0.25, -0.2) is 4.79 Å². The van der Waals surface area contributed by atoms with E-state index in [1.807, 2.05) is 6.92 Å². The molecule has 4 saturated carbocycles. The van der Waals surface area contributed by atoms with Gasteiger partial charge in [-0.05, 0) is 74.0 Å². The zero-order valence-electron chi connectivity index (χ0n) is 26.7. The van der Waals surface area contributed by atoms with E-state index >= 15 is 0 Å². The number of nitrogens with zero attached hydrogens (tertiary/aromatic N) is 1. The van der Waals surface area contributed by atoms with Gasteiger partial charge in [0.05, 0.1) is 38.6 Å². The third-order valence-corrected chi connectivity index (χ3v) is 12.1. The molecule has 0 unspecified atom stereocenters. The van der Waals surface area contributed by atoms with Crippen molar-refractivity contribution in [3.8, 4) is 0 Å². The van der Waals surface area contributed by atoms with Gasteiger partial charge in [-0.1, -0.05) is 13.8 Å². The van der Waals surface area contributed by atoms with Crippen molar-refractivity contribution < 1.29 is 54.1 Å². The van der Waals surface area contributed by atoms with Crippen molar-refractivity contribution in [2.45, 2.75) is 90.1 Å². The lowest BCUT2D eigenvalue weighted by Crippen LogP contribution is -2.60. The first-order valence-corrected chi connectivity index (χ1v) is 16.6. The zero-order valence-corrected chi connectivity index (χ0v) is 26.7. The van der Waals surface area contributed by atoms with Crippen LogP contribution < -0.4 is 5.11 Å². The molecule has 0 aromatic heterocycles. The zero-order chi connectivity index (χ0) is 32.7. The van der Waals surface area contributed by atoms with Crippen LogP contribution >= 0.6 is 0 Å². The van der Waals surface area contributed by atoms with Gasteiger partial charge in [0.1, 0.15) is 23.4 Å². The Balaban J connectivity index is 0.000000282. The number of carbonyl (C=O) groups is 3. The van der Waals surface area contributed by atoms with E-state index in [0.29, 0.717) is 62.1 Å². The summed E-state index contributed by atoms with van der Waals surface area (Å²) in [6.45, 7) is 10.0. The molecular formula is C33H50NO11-. The van der Waals surface area contributed by atoms with Gasteiger partial charge >= 0.3 is 5.97 Å². The first kappa shape index (κ1) is 34.3. The normalized spacial score (nSPS) is 42.2. The molecule has 2 aliphatic heterocycles. The minimum absolute atomic E-state index is 0.00475. The van der Waals surface area contributed by atoms with Crippen molar-refractivity contribution in [1.82, 2.24) is 4.90 Å². The maximum absolute atomic E-state index is 13.9. The number of Topliss-reactive ketones (excluding diaryl/α,β-unsaturated/α-hetero) is 2. The lowest BCUT2D eigenvalue weighted by atomic mass is 9.44. The monoisotopic (exact) mass is 636 g/mol. The number of aliphatic hydroxyl groups excluding tert-OH is 4. The number of fused-ring (bicyclic) bond motifs is 5. The molecule has 6 aliphatic rings. The Morgan fingerprint density at radius 1 is 1.13 bits per heavy atom. The van der Waals surface area contributed by atoms with Gasteiger partial charge < -0.3 is 39.7 Å². The molecule has 0 aromatic rings. The molecule has 5 fully saturated rings. The number of carbonyl (C=O) groups excluding carboxylic acids is 3. The number of aliphatic hydroxyl groups is 4. The van der Waals surface area contributed by atoms with Gasteiger partial charge in [0.15, 0.2) is 6.10 Å². The second-order valence-electron chi connectivity index (χ2n) is 14.5. The average Bonchev–Trinajstić information content (AvgIpc) is 3.49. The number of cyclic esters (lactones) is 1. The molecular weight excluding hydrogens is 586 g/mol. The van der Waals surface area contributed by atoms with Crippen molar-refractivity contribution in [3.05, 3.63) is 11.5 Å². The fourth-order valence-electron chi connectivity index (χ4n) is 9.89. The van der Waals surface area contributed by atoms with Crippen LogP contribution in [0.1, 0.15) is 65.7 Å². The number of ether oxygens (including phenoxy) is 3. The van der Waals surface area contributed by atoms with Gasteiger partial charge in [0.2, 0.25) is 0 Å². The molecule has 0 spiro atoms. The smallest absolute Gasteiger partial charge is 0.327 e. The molecule has 0 amide bonds. The highest BCUT2D eigenvalue weighted by atomic mass is 16.6. The fraction of sp³-hybridized carbons (Fsp3) is 0.848. The molecule has 2 heterocycles. The molecule has 1 saturated heterocycles. The lowest BCUT2D eigenvalue weighted by Gasteiger charge is -2.60. The summed E-state index contributed by atoms with van der Waals surface area (Å²) in [7, 11) is 0. The highest BCUT2D eigenvalue weighted by Gasteiger charge is 2.65. The van der Waals surface area contributed by atoms with Gasteiger partial charge in [-0.2, -0.15) is 0 Å². The van der Waals surface area contributed by atoms with Crippen LogP contribution in [0, 0.1) is 40.4 Å². The summed E-state index contributed by atoms with van der Waals surface area (Å²) in [5, 5.41) is 47.5. The molecule has 4 N–H and O–H groups in total. The summed E-state index contributed by atoms with van der Waals surface area (Å²) in [5.41, 5.74) is -0.297. The highest BCUT2D eigenvalue weighted by Crippen LogP contribution is 2.66. The minimum Gasteiger partial charge on any atom is -0.865 e. The van der Waals surface area contributed by atoms with Crippen LogP contribution in [0.15, 0.2) is 11.5 Å². The Morgan fingerprint density at radius 3 is 2.47 bits per heavy atom. The third kappa shape index (κ3) is 6.30. The van der Waals surface area contributed by atoms with Crippen molar-refractivity contribution in [3.63, 3.8) is 0 Å². The number of morpholine rings is 1. The van der Waals surface area contributed by atoms with Crippen LogP contribution in [0.5, 0.6) is 0 Å². The summed E-state index contributed by atoms with van der Waals surface area (Å²) in [6, 6.07) is 0. The van der Waals surface area contributed by atoms with E-state index in [9.17, 15) is 24.6 Å². The summed E-state index contributed by atoms with van der Waals surface area (Å²) < 4.78 is 15.6. The van der Waals surface area contributed by atoms with Crippen molar-refractivity contribution >= 4 is 17.5 Å². The second kappa shape index (κ2) is 13.6. The molecule has 11 atom stereocenters. The quantitative estimate of drug-likeness (QED) is 0.284. The molecule has 12 nitrogen and oxygen atoms in total. The van der Waals surface area contributed by atoms with E-state index in [1.165, 1.54) is 0 Å². The molecule has 0 radical (unpaired) electrons. The molecule has 0 aromatic carbocycles. The molecule has 12 heteroatoms. The summed E-state index contributed by atoms with van der Waals surface area (Å²) >= 11 is 0. The Bertz CT molecular complexity index is 1150. The average molecular weight is 637 g/mol. The SMILES string of the molecule is CCO[C@H]1C[C@@]2(C)[C@@H](CC[C@H]3[C@@H]4CC[C@H](C(=O)CN5CCOCC5)[C@@]4(C)CC(=O)[C@@H]32)C[C@@H]1O.O=C1O[C@H]([C@@H](O)CO)C(O)=C1[O-]. The Hall–Kier alpha value is -2.09. The van der Waals surface area contributed by atoms with Crippen LogP contribution in [0.4, 0.5) is 0 Å². The predicted octanol–water partition coefficient (Wildman–Crippen LogP) is 0.496. The first-order valence-electron chi connectivity index (χ1n) is 16.6. The summed E-state index contributed by atoms with van der Waals surface area (Å²) in [5.74, 6) is -1.26. The Kier molecular flexibility index (Phi) is 10.3. The predicted molar refractivity (Wildman–Crippen MR) is 157 cm³/mol. The number of hydrogen-bond acceptors (Lipinski definition) is 12. The van der Waals surface area contributed by atoms with Gasteiger partial charge in [0, 0.05) is 43.7 Å².